The average molecular weight is 428 g/mol. The van der Waals surface area contributed by atoms with Gasteiger partial charge in [0.2, 0.25) is 0 Å². The van der Waals surface area contributed by atoms with E-state index in [9.17, 15) is 18.4 Å². The van der Waals surface area contributed by atoms with Crippen LogP contribution in [-0.4, -0.2) is 27.7 Å². The molecular formula is C21H22F2N6O2. The number of nitrogen functional groups attached to an aromatic ring is 1. The van der Waals surface area contributed by atoms with Crippen LogP contribution in [0.1, 0.15) is 31.1 Å². The Labute approximate surface area is 177 Å². The van der Waals surface area contributed by atoms with Crippen LogP contribution in [0.4, 0.5) is 30.8 Å². The highest BCUT2D eigenvalue weighted by Crippen LogP contribution is 2.27. The highest BCUT2D eigenvalue weighted by molar-refractivity contribution is 6.04. The molecule has 6 N–H and O–H groups in total. The molecular weight excluding hydrogens is 406 g/mol. The maximum Gasteiger partial charge on any atom is 0.323 e. The summed E-state index contributed by atoms with van der Waals surface area (Å²) in [6.45, 7) is 5.54. The summed E-state index contributed by atoms with van der Waals surface area (Å²) in [7, 11) is 0. The normalized spacial score (nSPS) is 11.1. The number of amides is 3. The van der Waals surface area contributed by atoms with Crippen LogP contribution in [0, 0.1) is 11.6 Å². The van der Waals surface area contributed by atoms with E-state index in [1.165, 1.54) is 6.07 Å². The number of rotatable bonds is 4. The summed E-state index contributed by atoms with van der Waals surface area (Å²) in [5.41, 5.74) is 6.46. The molecule has 162 valence electrons. The number of nitrogens with one attached hydrogen (secondary N) is 4. The van der Waals surface area contributed by atoms with Gasteiger partial charge in [0.25, 0.3) is 5.91 Å². The number of hydrogen-bond donors (Lipinski definition) is 5. The lowest BCUT2D eigenvalue weighted by Crippen LogP contribution is -2.40. The Kier molecular flexibility index (Phi) is 5.91. The smallest absolute Gasteiger partial charge is 0.323 e. The first-order chi connectivity index (χ1) is 14.5. The minimum atomic E-state index is -0.886. The van der Waals surface area contributed by atoms with Crippen LogP contribution in [0.3, 0.4) is 0 Å². The van der Waals surface area contributed by atoms with E-state index in [-0.39, 0.29) is 17.3 Å². The molecule has 0 spiro atoms. The largest absolute Gasteiger partial charge is 0.382 e. The number of para-hydroxylation sites is 1. The molecule has 0 aliphatic heterocycles. The molecule has 10 heteroatoms. The van der Waals surface area contributed by atoms with Crippen LogP contribution in [-0.2, 0) is 0 Å². The second-order valence-corrected chi connectivity index (χ2v) is 7.82. The SMILES string of the molecule is CC(C)(C)NC(=O)c1c(N)n[nH]c1-c1ccc(NC(=O)Nc2c(F)cccc2F)cc1. The van der Waals surface area contributed by atoms with E-state index in [0.717, 1.165) is 12.1 Å². The van der Waals surface area contributed by atoms with Crippen molar-refractivity contribution < 1.29 is 18.4 Å². The van der Waals surface area contributed by atoms with Gasteiger partial charge in [-0.05, 0) is 45.0 Å². The van der Waals surface area contributed by atoms with Gasteiger partial charge in [-0.3, -0.25) is 9.89 Å². The van der Waals surface area contributed by atoms with Crippen LogP contribution >= 0.6 is 0 Å². The van der Waals surface area contributed by atoms with Gasteiger partial charge in [-0.25, -0.2) is 13.6 Å². The van der Waals surface area contributed by atoms with E-state index in [1.807, 2.05) is 20.8 Å². The highest BCUT2D eigenvalue weighted by Gasteiger charge is 2.23. The van der Waals surface area contributed by atoms with Crippen molar-refractivity contribution >= 4 is 29.1 Å². The van der Waals surface area contributed by atoms with E-state index in [0.29, 0.717) is 16.9 Å². The highest BCUT2D eigenvalue weighted by atomic mass is 19.1. The van der Waals surface area contributed by atoms with Crippen LogP contribution in [0.25, 0.3) is 11.3 Å². The first-order valence-corrected chi connectivity index (χ1v) is 9.34. The molecule has 31 heavy (non-hydrogen) atoms. The minimum Gasteiger partial charge on any atom is -0.382 e. The van der Waals surface area contributed by atoms with Crippen molar-refractivity contribution in [1.82, 2.24) is 15.5 Å². The monoisotopic (exact) mass is 428 g/mol. The first kappa shape index (κ1) is 21.8. The molecule has 0 bridgehead atoms. The van der Waals surface area contributed by atoms with Crippen molar-refractivity contribution in [1.29, 1.82) is 0 Å². The van der Waals surface area contributed by atoms with Crippen LogP contribution in [0.15, 0.2) is 42.5 Å². The molecule has 1 heterocycles. The third-order valence-electron chi connectivity index (χ3n) is 4.14. The molecule has 8 nitrogen and oxygen atoms in total. The van der Waals surface area contributed by atoms with Crippen molar-refractivity contribution in [2.45, 2.75) is 26.3 Å². The van der Waals surface area contributed by atoms with Crippen LogP contribution < -0.4 is 21.7 Å². The summed E-state index contributed by atoms with van der Waals surface area (Å²) in [6.07, 6.45) is 0. The van der Waals surface area contributed by atoms with Gasteiger partial charge in [0.1, 0.15) is 22.9 Å². The number of benzene rings is 2. The number of carbonyl (C=O) groups is 2. The van der Waals surface area contributed by atoms with Crippen molar-refractivity contribution in [2.24, 2.45) is 0 Å². The number of carbonyl (C=O) groups excluding carboxylic acids is 2. The second-order valence-electron chi connectivity index (χ2n) is 7.82. The molecule has 0 atom stereocenters. The Bertz CT molecular complexity index is 1100. The number of aromatic nitrogens is 2. The minimum absolute atomic E-state index is 0.0604. The maximum atomic E-state index is 13.7. The number of urea groups is 1. The molecule has 0 unspecified atom stereocenters. The Hall–Kier alpha value is -3.95. The zero-order valence-corrected chi connectivity index (χ0v) is 17.1. The fourth-order valence-electron chi connectivity index (χ4n) is 2.81. The summed E-state index contributed by atoms with van der Waals surface area (Å²) in [5.74, 6) is -2.08. The van der Waals surface area contributed by atoms with E-state index >= 15 is 0 Å². The van der Waals surface area contributed by atoms with Gasteiger partial charge in [-0.15, -0.1) is 0 Å². The Morgan fingerprint density at radius 3 is 2.19 bits per heavy atom. The predicted octanol–water partition coefficient (Wildman–Crippen LogP) is 4.11. The van der Waals surface area contributed by atoms with E-state index in [2.05, 4.69) is 26.1 Å². The topological polar surface area (TPSA) is 125 Å². The molecule has 2 aromatic carbocycles. The molecule has 0 aliphatic rings. The Morgan fingerprint density at radius 2 is 1.61 bits per heavy atom. The summed E-state index contributed by atoms with van der Waals surface area (Å²) in [4.78, 5) is 24.7. The fraction of sp³-hybridized carbons (Fsp3) is 0.190. The van der Waals surface area contributed by atoms with Crippen molar-refractivity contribution in [3.05, 3.63) is 59.7 Å². The fourth-order valence-corrected chi connectivity index (χ4v) is 2.81. The second kappa shape index (κ2) is 8.42. The lowest BCUT2D eigenvalue weighted by atomic mass is 10.0. The van der Waals surface area contributed by atoms with Crippen LogP contribution in [0.2, 0.25) is 0 Å². The lowest BCUT2D eigenvalue weighted by Gasteiger charge is -2.20. The molecule has 3 rings (SSSR count). The number of aromatic amines is 1. The Morgan fingerprint density at radius 1 is 1.00 bits per heavy atom. The van der Waals surface area contributed by atoms with Gasteiger partial charge in [-0.2, -0.15) is 5.10 Å². The molecule has 0 radical (unpaired) electrons. The van der Waals surface area contributed by atoms with Gasteiger partial charge in [0.05, 0.1) is 5.69 Å². The number of nitrogens with two attached hydrogens (primary N) is 1. The quantitative estimate of drug-likeness (QED) is 0.429. The number of hydrogen-bond acceptors (Lipinski definition) is 4. The molecule has 3 amide bonds. The average Bonchev–Trinajstić information content (AvgIpc) is 3.06. The predicted molar refractivity (Wildman–Crippen MR) is 115 cm³/mol. The third-order valence-corrected chi connectivity index (χ3v) is 4.14. The molecule has 0 fully saturated rings. The van der Waals surface area contributed by atoms with Gasteiger partial charge in [-0.1, -0.05) is 18.2 Å². The molecule has 0 aliphatic carbocycles. The molecule has 0 saturated carbocycles. The number of anilines is 3. The van der Waals surface area contributed by atoms with E-state index in [1.54, 1.807) is 24.3 Å². The standard InChI is InChI=1S/C21H22F2N6O2/c1-21(2,3)27-19(30)15-16(28-29-18(15)24)11-7-9-12(10-8-11)25-20(31)26-17-13(22)5-4-6-14(17)23/h4-10H,1-3H3,(H,27,30)(H3,24,28,29)(H2,25,26,31). The summed E-state index contributed by atoms with van der Waals surface area (Å²) in [6, 6.07) is 8.87. The maximum absolute atomic E-state index is 13.7. The number of H-pyrrole nitrogens is 1. The van der Waals surface area contributed by atoms with Crippen molar-refractivity contribution in [3.8, 4) is 11.3 Å². The zero-order chi connectivity index (χ0) is 22.8. The summed E-state index contributed by atoms with van der Waals surface area (Å²) >= 11 is 0. The van der Waals surface area contributed by atoms with Gasteiger partial charge in [0, 0.05) is 16.8 Å². The van der Waals surface area contributed by atoms with Gasteiger partial charge >= 0.3 is 6.03 Å². The van der Waals surface area contributed by atoms with Gasteiger partial charge in [0.15, 0.2) is 5.82 Å². The number of nitrogens with zero attached hydrogens (tertiary/aromatic N) is 1. The zero-order valence-electron chi connectivity index (χ0n) is 17.1. The van der Waals surface area contributed by atoms with E-state index in [4.69, 9.17) is 5.73 Å². The Balaban J connectivity index is 1.75. The van der Waals surface area contributed by atoms with Crippen molar-refractivity contribution in [3.63, 3.8) is 0 Å². The lowest BCUT2D eigenvalue weighted by molar-refractivity contribution is 0.0921. The third kappa shape index (κ3) is 5.16. The summed E-state index contributed by atoms with van der Waals surface area (Å²) in [5, 5.41) is 14.1. The first-order valence-electron chi connectivity index (χ1n) is 9.34. The molecule has 3 aromatic rings. The molecule has 0 saturated heterocycles. The van der Waals surface area contributed by atoms with Gasteiger partial charge < -0.3 is 21.7 Å². The van der Waals surface area contributed by atoms with Crippen LogP contribution in [0.5, 0.6) is 0 Å². The summed E-state index contributed by atoms with van der Waals surface area (Å²) < 4.78 is 27.3. The molecule has 1 aromatic heterocycles. The number of halogens is 2. The van der Waals surface area contributed by atoms with E-state index < -0.39 is 28.9 Å². The van der Waals surface area contributed by atoms with Crippen molar-refractivity contribution in [2.75, 3.05) is 16.4 Å².